The molecule has 0 saturated heterocycles. The Bertz CT molecular complexity index is 148. The second-order valence-corrected chi connectivity index (χ2v) is 4.51. The van der Waals surface area contributed by atoms with E-state index in [0.717, 1.165) is 0 Å². The molecule has 0 spiro atoms. The standard InChI is InChI=1S/C15H31N/c1-4-7-8-9-10-11-12-13-14-15-16(5-2)6-3/h4,7H,5-6,8-15H2,1-3H3/b7-4+. The lowest BCUT2D eigenvalue weighted by Gasteiger charge is -2.17. The van der Waals surface area contributed by atoms with Gasteiger partial charge in [0.2, 0.25) is 0 Å². The largest absolute Gasteiger partial charge is 0.304 e. The lowest BCUT2D eigenvalue weighted by Crippen LogP contribution is -2.23. The molecule has 0 aromatic carbocycles. The zero-order valence-electron chi connectivity index (χ0n) is 11.7. The first kappa shape index (κ1) is 15.7. The average Bonchev–Trinajstić information content (AvgIpc) is 2.32. The number of rotatable bonds is 11. The summed E-state index contributed by atoms with van der Waals surface area (Å²) in [6.07, 6.45) is 14.2. The number of hydrogen-bond acceptors (Lipinski definition) is 1. The number of nitrogens with zero attached hydrogens (tertiary/aromatic N) is 1. The molecule has 0 aromatic heterocycles. The molecule has 0 aromatic rings. The molecule has 0 bridgehead atoms. The zero-order chi connectivity index (χ0) is 12.1. The van der Waals surface area contributed by atoms with Crippen molar-refractivity contribution in [3.05, 3.63) is 12.2 Å². The van der Waals surface area contributed by atoms with E-state index in [0.29, 0.717) is 0 Å². The normalized spacial score (nSPS) is 11.8. The molecule has 1 heteroatoms. The minimum atomic E-state index is 1.21. The SMILES string of the molecule is C/C=C/CCCCCCCCN(CC)CC. The molecule has 96 valence electrons. The highest BCUT2D eigenvalue weighted by atomic mass is 15.1. The van der Waals surface area contributed by atoms with Crippen molar-refractivity contribution in [2.45, 2.75) is 65.7 Å². The third kappa shape index (κ3) is 10.2. The first-order valence-electron chi connectivity index (χ1n) is 7.18. The van der Waals surface area contributed by atoms with E-state index in [1.54, 1.807) is 0 Å². The predicted octanol–water partition coefficient (Wildman–Crippen LogP) is 4.64. The molecule has 0 amide bonds. The van der Waals surface area contributed by atoms with Crippen LogP contribution >= 0.6 is 0 Å². The molecular weight excluding hydrogens is 194 g/mol. The lowest BCUT2D eigenvalue weighted by atomic mass is 10.1. The molecule has 0 aliphatic rings. The first-order chi connectivity index (χ1) is 7.85. The molecular formula is C15H31N. The minimum Gasteiger partial charge on any atom is -0.304 e. The summed E-state index contributed by atoms with van der Waals surface area (Å²) in [7, 11) is 0. The molecule has 0 heterocycles. The van der Waals surface area contributed by atoms with Crippen LogP contribution in [0.5, 0.6) is 0 Å². The van der Waals surface area contributed by atoms with E-state index >= 15 is 0 Å². The summed E-state index contributed by atoms with van der Waals surface area (Å²) in [5.74, 6) is 0. The molecule has 1 nitrogen and oxygen atoms in total. The maximum absolute atomic E-state index is 2.52. The number of hydrogen-bond donors (Lipinski definition) is 0. The van der Waals surface area contributed by atoms with Crippen LogP contribution in [0.1, 0.15) is 65.7 Å². The fourth-order valence-corrected chi connectivity index (χ4v) is 2.01. The fraction of sp³-hybridized carbons (Fsp3) is 0.867. The van der Waals surface area contributed by atoms with E-state index < -0.39 is 0 Å². The van der Waals surface area contributed by atoms with E-state index in [1.807, 2.05) is 0 Å². The van der Waals surface area contributed by atoms with Gasteiger partial charge in [0.1, 0.15) is 0 Å². The highest BCUT2D eigenvalue weighted by Crippen LogP contribution is 2.08. The van der Waals surface area contributed by atoms with E-state index in [1.165, 1.54) is 64.6 Å². The molecule has 0 saturated carbocycles. The van der Waals surface area contributed by atoms with Gasteiger partial charge >= 0.3 is 0 Å². The Morgan fingerprint density at radius 1 is 0.812 bits per heavy atom. The van der Waals surface area contributed by atoms with E-state index in [-0.39, 0.29) is 0 Å². The quantitative estimate of drug-likeness (QED) is 0.366. The van der Waals surface area contributed by atoms with Gasteiger partial charge in [0.05, 0.1) is 0 Å². The van der Waals surface area contributed by atoms with Crippen LogP contribution < -0.4 is 0 Å². The minimum absolute atomic E-state index is 1.21. The van der Waals surface area contributed by atoms with Crippen molar-refractivity contribution >= 4 is 0 Å². The Balaban J connectivity index is 3.09. The summed E-state index contributed by atoms with van der Waals surface area (Å²) in [6.45, 7) is 10.3. The molecule has 0 atom stereocenters. The van der Waals surface area contributed by atoms with Gasteiger partial charge in [-0.05, 0) is 45.8 Å². The van der Waals surface area contributed by atoms with Gasteiger partial charge < -0.3 is 4.90 Å². The van der Waals surface area contributed by atoms with Gasteiger partial charge in [-0.2, -0.15) is 0 Å². The van der Waals surface area contributed by atoms with Gasteiger partial charge in [-0.25, -0.2) is 0 Å². The third-order valence-corrected chi connectivity index (χ3v) is 3.23. The molecule has 0 N–H and O–H groups in total. The number of allylic oxidation sites excluding steroid dienone is 2. The van der Waals surface area contributed by atoms with Crippen LogP contribution in [0.25, 0.3) is 0 Å². The lowest BCUT2D eigenvalue weighted by molar-refractivity contribution is 0.295. The van der Waals surface area contributed by atoms with Crippen LogP contribution in [-0.4, -0.2) is 24.5 Å². The Kier molecular flexibility index (Phi) is 12.5. The first-order valence-corrected chi connectivity index (χ1v) is 7.18. The van der Waals surface area contributed by atoms with Crippen LogP contribution in [0.3, 0.4) is 0 Å². The molecule has 0 fully saturated rings. The van der Waals surface area contributed by atoms with Gasteiger partial charge in [0.15, 0.2) is 0 Å². The molecule has 16 heavy (non-hydrogen) atoms. The topological polar surface area (TPSA) is 3.24 Å². The summed E-state index contributed by atoms with van der Waals surface area (Å²) in [5, 5.41) is 0. The van der Waals surface area contributed by atoms with Crippen molar-refractivity contribution in [1.29, 1.82) is 0 Å². The zero-order valence-corrected chi connectivity index (χ0v) is 11.7. The van der Waals surface area contributed by atoms with Crippen molar-refractivity contribution in [2.75, 3.05) is 19.6 Å². The molecule has 0 rings (SSSR count). The Morgan fingerprint density at radius 3 is 1.94 bits per heavy atom. The maximum Gasteiger partial charge on any atom is -0.00190 e. The van der Waals surface area contributed by atoms with Crippen molar-refractivity contribution in [3.8, 4) is 0 Å². The van der Waals surface area contributed by atoms with E-state index in [9.17, 15) is 0 Å². The van der Waals surface area contributed by atoms with Crippen LogP contribution in [0, 0.1) is 0 Å². The van der Waals surface area contributed by atoms with E-state index in [2.05, 4.69) is 37.8 Å². The van der Waals surface area contributed by atoms with Gasteiger partial charge in [0, 0.05) is 0 Å². The molecule has 0 radical (unpaired) electrons. The second kappa shape index (κ2) is 12.8. The molecule has 0 unspecified atom stereocenters. The maximum atomic E-state index is 2.52. The second-order valence-electron chi connectivity index (χ2n) is 4.51. The summed E-state index contributed by atoms with van der Waals surface area (Å²) < 4.78 is 0. The Labute approximate surface area is 103 Å². The van der Waals surface area contributed by atoms with Crippen molar-refractivity contribution in [1.82, 2.24) is 4.90 Å². The highest BCUT2D eigenvalue weighted by molar-refractivity contribution is 4.76. The van der Waals surface area contributed by atoms with Gasteiger partial charge in [-0.1, -0.05) is 51.7 Å². The van der Waals surface area contributed by atoms with E-state index in [4.69, 9.17) is 0 Å². The molecule has 0 aliphatic carbocycles. The summed E-state index contributed by atoms with van der Waals surface area (Å²) in [6, 6.07) is 0. The number of unbranched alkanes of at least 4 members (excludes halogenated alkanes) is 6. The highest BCUT2D eigenvalue weighted by Gasteiger charge is 1.97. The van der Waals surface area contributed by atoms with Crippen LogP contribution in [-0.2, 0) is 0 Å². The van der Waals surface area contributed by atoms with Crippen LogP contribution in [0.4, 0.5) is 0 Å². The Morgan fingerprint density at radius 2 is 1.38 bits per heavy atom. The fourth-order valence-electron chi connectivity index (χ4n) is 2.01. The van der Waals surface area contributed by atoms with Gasteiger partial charge in [-0.3, -0.25) is 0 Å². The monoisotopic (exact) mass is 225 g/mol. The smallest absolute Gasteiger partial charge is 0.00190 e. The third-order valence-electron chi connectivity index (χ3n) is 3.23. The van der Waals surface area contributed by atoms with Crippen LogP contribution in [0.15, 0.2) is 12.2 Å². The Hall–Kier alpha value is -0.300. The van der Waals surface area contributed by atoms with Crippen LogP contribution in [0.2, 0.25) is 0 Å². The summed E-state index contributed by atoms with van der Waals surface area (Å²) in [5.41, 5.74) is 0. The summed E-state index contributed by atoms with van der Waals surface area (Å²) in [4.78, 5) is 2.52. The average molecular weight is 225 g/mol. The van der Waals surface area contributed by atoms with Gasteiger partial charge in [-0.15, -0.1) is 0 Å². The van der Waals surface area contributed by atoms with Crippen molar-refractivity contribution in [3.63, 3.8) is 0 Å². The summed E-state index contributed by atoms with van der Waals surface area (Å²) >= 11 is 0. The predicted molar refractivity (Wildman–Crippen MR) is 74.9 cm³/mol. The van der Waals surface area contributed by atoms with Crippen molar-refractivity contribution in [2.24, 2.45) is 0 Å². The molecule has 0 aliphatic heterocycles. The van der Waals surface area contributed by atoms with Gasteiger partial charge in [0.25, 0.3) is 0 Å². The van der Waals surface area contributed by atoms with Crippen molar-refractivity contribution < 1.29 is 0 Å².